The van der Waals surface area contributed by atoms with Crippen molar-refractivity contribution in [3.05, 3.63) is 23.3 Å². The van der Waals surface area contributed by atoms with Crippen LogP contribution in [0.3, 0.4) is 0 Å². The Morgan fingerprint density at radius 1 is 1.50 bits per heavy atom. The van der Waals surface area contributed by atoms with E-state index in [9.17, 15) is 0 Å². The van der Waals surface area contributed by atoms with Gasteiger partial charge in [-0.15, -0.1) is 0 Å². The second-order valence-corrected chi connectivity index (χ2v) is 3.04. The molecule has 0 amide bonds. The molecule has 0 aliphatic carbocycles. The third-order valence-corrected chi connectivity index (χ3v) is 2.17. The molecule has 0 unspecified atom stereocenters. The van der Waals surface area contributed by atoms with Gasteiger partial charge < -0.3 is 5.32 Å². The normalized spacial score (nSPS) is 15.8. The third kappa shape index (κ3) is 1.32. The van der Waals surface area contributed by atoms with Crippen LogP contribution in [0.1, 0.15) is 24.0 Å². The van der Waals surface area contributed by atoms with E-state index in [1.807, 2.05) is 6.20 Å². The zero-order valence-corrected chi connectivity index (χ0v) is 7.30. The van der Waals surface area contributed by atoms with Gasteiger partial charge in [0.15, 0.2) is 0 Å². The van der Waals surface area contributed by atoms with E-state index in [-0.39, 0.29) is 0 Å². The second-order valence-electron chi connectivity index (χ2n) is 3.04. The molecule has 0 aromatic carbocycles. The molecule has 0 saturated carbocycles. The minimum atomic E-state index is 0.881. The minimum absolute atomic E-state index is 0.881. The number of nitrogens with zero attached hydrogens (tertiary/aromatic N) is 2. The first-order chi connectivity index (χ1) is 5.90. The summed E-state index contributed by atoms with van der Waals surface area (Å²) in [4.78, 5) is 8.89. The first-order valence-electron chi connectivity index (χ1n) is 4.44. The van der Waals surface area contributed by atoms with Crippen LogP contribution in [0, 0.1) is 0 Å². The molecule has 0 saturated heterocycles. The van der Waals surface area contributed by atoms with Gasteiger partial charge in [0.05, 0.1) is 17.1 Å². The van der Waals surface area contributed by atoms with Crippen LogP contribution in [-0.2, 0) is 19.4 Å². The molecule has 0 spiro atoms. The van der Waals surface area contributed by atoms with Gasteiger partial charge in [-0.25, -0.2) is 0 Å². The number of hydrogen-bond acceptors (Lipinski definition) is 3. The lowest BCUT2D eigenvalue weighted by atomic mass is 10.1. The highest BCUT2D eigenvalue weighted by atomic mass is 14.9. The molecule has 64 valence electrons. The lowest BCUT2D eigenvalue weighted by molar-refractivity contribution is 0.609. The fraction of sp³-hybridized carbons (Fsp3) is 0.556. The van der Waals surface area contributed by atoms with Crippen molar-refractivity contribution in [3.63, 3.8) is 0 Å². The average molecular weight is 163 g/mol. The summed E-state index contributed by atoms with van der Waals surface area (Å²) in [6, 6.07) is 0. The molecule has 2 rings (SSSR count). The van der Waals surface area contributed by atoms with E-state index in [0.29, 0.717) is 0 Å². The molecule has 0 radical (unpaired) electrons. The van der Waals surface area contributed by atoms with Gasteiger partial charge in [0, 0.05) is 25.7 Å². The largest absolute Gasteiger partial charge is 0.311 e. The van der Waals surface area contributed by atoms with E-state index in [2.05, 4.69) is 22.2 Å². The Balaban J connectivity index is 2.36. The highest BCUT2D eigenvalue weighted by molar-refractivity contribution is 5.16. The molecule has 0 bridgehead atoms. The van der Waals surface area contributed by atoms with Crippen LogP contribution in [0.5, 0.6) is 0 Å². The lowest BCUT2D eigenvalue weighted by Gasteiger charge is -2.15. The van der Waals surface area contributed by atoms with Gasteiger partial charge >= 0.3 is 0 Å². The van der Waals surface area contributed by atoms with Gasteiger partial charge in [0.2, 0.25) is 0 Å². The smallest absolute Gasteiger partial charge is 0.0757 e. The molecule has 1 aliphatic rings. The molecule has 12 heavy (non-hydrogen) atoms. The molecule has 2 heterocycles. The van der Waals surface area contributed by atoms with Gasteiger partial charge in [0.25, 0.3) is 0 Å². The first kappa shape index (κ1) is 7.68. The van der Waals surface area contributed by atoms with Crippen LogP contribution in [0.25, 0.3) is 0 Å². The van der Waals surface area contributed by atoms with Crippen molar-refractivity contribution in [2.24, 2.45) is 0 Å². The number of aryl methyl sites for hydroxylation is 1. The predicted molar refractivity (Wildman–Crippen MR) is 46.8 cm³/mol. The summed E-state index contributed by atoms with van der Waals surface area (Å²) in [5.74, 6) is 0. The van der Waals surface area contributed by atoms with Crippen molar-refractivity contribution in [3.8, 4) is 0 Å². The summed E-state index contributed by atoms with van der Waals surface area (Å²) >= 11 is 0. The van der Waals surface area contributed by atoms with Crippen LogP contribution in [0.2, 0.25) is 0 Å². The Bertz CT molecular complexity index is 283. The van der Waals surface area contributed by atoms with Crippen LogP contribution in [0.4, 0.5) is 0 Å². The van der Waals surface area contributed by atoms with E-state index in [1.165, 1.54) is 5.69 Å². The number of rotatable bonds is 1. The summed E-state index contributed by atoms with van der Waals surface area (Å²) < 4.78 is 0. The van der Waals surface area contributed by atoms with Crippen molar-refractivity contribution in [1.29, 1.82) is 0 Å². The van der Waals surface area contributed by atoms with E-state index in [1.54, 1.807) is 0 Å². The second kappa shape index (κ2) is 3.19. The SMILES string of the molecule is CCc1cnc2c(n1)CCNC2. The van der Waals surface area contributed by atoms with Crippen LogP contribution in [-0.4, -0.2) is 16.5 Å². The van der Waals surface area contributed by atoms with Gasteiger partial charge in [-0.2, -0.15) is 0 Å². The average Bonchev–Trinajstić information content (AvgIpc) is 2.17. The number of fused-ring (bicyclic) bond motifs is 1. The fourth-order valence-corrected chi connectivity index (χ4v) is 1.43. The van der Waals surface area contributed by atoms with E-state index >= 15 is 0 Å². The van der Waals surface area contributed by atoms with E-state index < -0.39 is 0 Å². The zero-order valence-electron chi connectivity index (χ0n) is 7.30. The number of hydrogen-bond donors (Lipinski definition) is 1. The van der Waals surface area contributed by atoms with Crippen molar-refractivity contribution < 1.29 is 0 Å². The van der Waals surface area contributed by atoms with Gasteiger partial charge in [-0.1, -0.05) is 6.92 Å². The van der Waals surface area contributed by atoms with Crippen molar-refractivity contribution in [2.45, 2.75) is 26.3 Å². The molecular formula is C9H13N3. The maximum Gasteiger partial charge on any atom is 0.0757 e. The molecular weight excluding hydrogens is 150 g/mol. The maximum atomic E-state index is 4.53. The quantitative estimate of drug-likeness (QED) is 0.661. The summed E-state index contributed by atoms with van der Waals surface area (Å²) in [6.45, 7) is 4.03. The highest BCUT2D eigenvalue weighted by Gasteiger charge is 2.10. The summed E-state index contributed by atoms with van der Waals surface area (Å²) in [6.07, 6.45) is 3.88. The highest BCUT2D eigenvalue weighted by Crippen LogP contribution is 2.08. The summed E-state index contributed by atoms with van der Waals surface area (Å²) in [5, 5.41) is 3.28. The van der Waals surface area contributed by atoms with Gasteiger partial charge in [-0.05, 0) is 6.42 Å². The molecule has 1 aromatic rings. The Hall–Kier alpha value is -0.960. The number of aromatic nitrogens is 2. The summed E-state index contributed by atoms with van der Waals surface area (Å²) in [7, 11) is 0. The van der Waals surface area contributed by atoms with Crippen LogP contribution < -0.4 is 5.32 Å². The van der Waals surface area contributed by atoms with Gasteiger partial charge in [-0.3, -0.25) is 9.97 Å². The standard InChI is InChI=1S/C9H13N3/c1-2-7-5-11-9-6-10-4-3-8(9)12-7/h5,10H,2-4,6H2,1H3. The Labute approximate surface area is 72.2 Å². The third-order valence-electron chi connectivity index (χ3n) is 2.17. The monoisotopic (exact) mass is 163 g/mol. The fourth-order valence-electron chi connectivity index (χ4n) is 1.43. The van der Waals surface area contributed by atoms with Crippen molar-refractivity contribution in [2.75, 3.05) is 6.54 Å². The molecule has 0 fully saturated rings. The molecule has 1 N–H and O–H groups in total. The lowest BCUT2D eigenvalue weighted by Crippen LogP contribution is -2.25. The minimum Gasteiger partial charge on any atom is -0.311 e. The van der Waals surface area contributed by atoms with Crippen LogP contribution >= 0.6 is 0 Å². The zero-order chi connectivity index (χ0) is 8.39. The van der Waals surface area contributed by atoms with Gasteiger partial charge in [0.1, 0.15) is 0 Å². The predicted octanol–water partition coefficient (Wildman–Crippen LogP) is 0.685. The topological polar surface area (TPSA) is 37.8 Å². The van der Waals surface area contributed by atoms with E-state index in [4.69, 9.17) is 0 Å². The Kier molecular flexibility index (Phi) is 2.04. The Morgan fingerprint density at radius 2 is 2.42 bits per heavy atom. The molecule has 1 aromatic heterocycles. The number of nitrogens with one attached hydrogen (secondary N) is 1. The van der Waals surface area contributed by atoms with Crippen molar-refractivity contribution >= 4 is 0 Å². The maximum absolute atomic E-state index is 4.53. The molecule has 0 atom stereocenters. The van der Waals surface area contributed by atoms with Crippen molar-refractivity contribution in [1.82, 2.24) is 15.3 Å². The first-order valence-corrected chi connectivity index (χ1v) is 4.44. The molecule has 1 aliphatic heterocycles. The molecule has 3 nitrogen and oxygen atoms in total. The van der Waals surface area contributed by atoms with Crippen LogP contribution in [0.15, 0.2) is 6.20 Å². The molecule has 3 heteroatoms. The Morgan fingerprint density at radius 3 is 3.25 bits per heavy atom. The van der Waals surface area contributed by atoms with E-state index in [0.717, 1.165) is 37.3 Å². The summed E-state index contributed by atoms with van der Waals surface area (Å²) in [5.41, 5.74) is 3.42.